The Kier molecular flexibility index (Phi) is 2.72. The lowest BCUT2D eigenvalue weighted by Crippen LogP contribution is -2.61. The van der Waals surface area contributed by atoms with E-state index in [-0.39, 0.29) is 6.42 Å². The molecule has 1 amide bonds. The molecule has 8 nitrogen and oxygen atoms in total. The summed E-state index contributed by atoms with van der Waals surface area (Å²) >= 11 is 0. The monoisotopic (exact) mass is 277 g/mol. The molecule has 100 valence electrons. The first-order chi connectivity index (χ1) is 8.16. The molecule has 0 aliphatic carbocycles. The molecule has 1 fully saturated rings. The van der Waals surface area contributed by atoms with Gasteiger partial charge >= 0.3 is 5.97 Å². The van der Waals surface area contributed by atoms with Gasteiger partial charge in [0.1, 0.15) is 10.6 Å². The number of nitrogens with zero attached hydrogens (tertiary/aromatic N) is 1. The van der Waals surface area contributed by atoms with Crippen LogP contribution in [0.15, 0.2) is 10.6 Å². The fourth-order valence-electron chi connectivity index (χ4n) is 2.46. The summed E-state index contributed by atoms with van der Waals surface area (Å²) < 4.78 is 31.1. The predicted molar refractivity (Wildman–Crippen MR) is 56.6 cm³/mol. The van der Waals surface area contributed by atoms with Gasteiger partial charge in [0.15, 0.2) is 0 Å². The van der Waals surface area contributed by atoms with Crippen LogP contribution in [0.4, 0.5) is 0 Å². The molecule has 2 aliphatic heterocycles. The highest BCUT2D eigenvalue weighted by atomic mass is 32.2. The summed E-state index contributed by atoms with van der Waals surface area (Å²) in [4.78, 5) is 22.8. The van der Waals surface area contributed by atoms with Crippen LogP contribution in [0, 0.1) is 5.92 Å². The Hall–Kier alpha value is -1.45. The smallest absolute Gasteiger partial charge is 0.353 e. The summed E-state index contributed by atoms with van der Waals surface area (Å²) in [6, 6.07) is -0.722. The van der Waals surface area contributed by atoms with Crippen LogP contribution in [0.3, 0.4) is 0 Å². The van der Waals surface area contributed by atoms with Crippen molar-refractivity contribution in [2.24, 2.45) is 5.92 Å². The van der Waals surface area contributed by atoms with E-state index in [0.717, 1.165) is 4.90 Å². The van der Waals surface area contributed by atoms with Crippen LogP contribution in [-0.2, 0) is 19.7 Å². The number of fused-ring (bicyclic) bond motifs is 1. The number of β-lactam (4-membered cyclic amide) rings is 1. The number of aliphatic hydroxyl groups excluding tert-OH is 1. The van der Waals surface area contributed by atoms with E-state index in [2.05, 4.69) is 0 Å². The number of hydrogen-bond donors (Lipinski definition) is 3. The zero-order chi connectivity index (χ0) is 13.8. The van der Waals surface area contributed by atoms with Crippen molar-refractivity contribution in [1.82, 2.24) is 4.90 Å². The van der Waals surface area contributed by atoms with Crippen molar-refractivity contribution in [3.05, 3.63) is 10.6 Å². The molecule has 2 aliphatic rings. The Balaban J connectivity index is 2.46. The Bertz CT molecular complexity index is 561. The highest BCUT2D eigenvalue weighted by molar-refractivity contribution is 7.89. The SMILES string of the molecule is CC(O)C1C(=O)N2C(C(=O)O)=C(S(=O)(=O)O)CC12. The van der Waals surface area contributed by atoms with Crippen molar-refractivity contribution in [3.63, 3.8) is 0 Å². The van der Waals surface area contributed by atoms with Crippen molar-refractivity contribution >= 4 is 22.0 Å². The van der Waals surface area contributed by atoms with E-state index < -0.39 is 50.7 Å². The van der Waals surface area contributed by atoms with E-state index in [1.54, 1.807) is 0 Å². The lowest BCUT2D eigenvalue weighted by Gasteiger charge is -2.44. The molecule has 2 heterocycles. The van der Waals surface area contributed by atoms with Gasteiger partial charge in [0, 0.05) is 6.42 Å². The summed E-state index contributed by atoms with van der Waals surface area (Å²) in [5.74, 6) is -3.08. The summed E-state index contributed by atoms with van der Waals surface area (Å²) in [7, 11) is -4.67. The maximum atomic E-state index is 11.7. The summed E-state index contributed by atoms with van der Waals surface area (Å²) in [6.07, 6.45) is -1.29. The van der Waals surface area contributed by atoms with Gasteiger partial charge in [0.25, 0.3) is 10.1 Å². The number of carboxylic acid groups (broad SMARTS) is 1. The first kappa shape index (κ1) is 13.0. The number of rotatable bonds is 3. The third-order valence-corrected chi connectivity index (χ3v) is 4.18. The number of amides is 1. The molecule has 0 aromatic rings. The first-order valence-corrected chi connectivity index (χ1v) is 6.55. The molecular formula is C9H11NO7S. The zero-order valence-electron chi connectivity index (χ0n) is 9.27. The third-order valence-electron chi connectivity index (χ3n) is 3.20. The van der Waals surface area contributed by atoms with E-state index in [1.807, 2.05) is 0 Å². The van der Waals surface area contributed by atoms with Crippen molar-refractivity contribution in [2.75, 3.05) is 0 Å². The molecule has 0 spiro atoms. The van der Waals surface area contributed by atoms with Crippen molar-refractivity contribution < 1.29 is 32.8 Å². The van der Waals surface area contributed by atoms with E-state index in [9.17, 15) is 23.1 Å². The molecule has 18 heavy (non-hydrogen) atoms. The standard InChI is InChI=1S/C9H11NO7S/c1-3(11)6-4-2-5(18(15,16)17)7(9(13)14)10(4)8(6)12/h3-4,6,11H,2H2,1H3,(H,13,14)(H,15,16,17). The van der Waals surface area contributed by atoms with E-state index in [4.69, 9.17) is 9.66 Å². The average Bonchev–Trinajstić information content (AvgIpc) is 2.51. The van der Waals surface area contributed by atoms with Gasteiger partial charge in [-0.05, 0) is 6.92 Å². The Morgan fingerprint density at radius 3 is 2.44 bits per heavy atom. The second-order valence-electron chi connectivity index (χ2n) is 4.30. The minimum atomic E-state index is -4.67. The molecule has 0 bridgehead atoms. The molecule has 0 aromatic heterocycles. The summed E-state index contributed by atoms with van der Waals surface area (Å²) in [5.41, 5.74) is -0.718. The Morgan fingerprint density at radius 1 is 1.50 bits per heavy atom. The van der Waals surface area contributed by atoms with Crippen LogP contribution in [0.25, 0.3) is 0 Å². The number of aliphatic hydroxyl groups is 1. The van der Waals surface area contributed by atoms with Gasteiger partial charge in [-0.25, -0.2) is 4.79 Å². The van der Waals surface area contributed by atoms with Crippen LogP contribution in [-0.4, -0.2) is 52.1 Å². The highest BCUT2D eigenvalue weighted by Crippen LogP contribution is 2.44. The summed E-state index contributed by atoms with van der Waals surface area (Å²) in [5, 5.41) is 18.3. The fourth-order valence-corrected chi connectivity index (χ4v) is 3.27. The van der Waals surface area contributed by atoms with Gasteiger partial charge in [-0.2, -0.15) is 8.42 Å². The van der Waals surface area contributed by atoms with Crippen LogP contribution >= 0.6 is 0 Å². The molecule has 0 saturated carbocycles. The van der Waals surface area contributed by atoms with Gasteiger partial charge in [-0.3, -0.25) is 9.35 Å². The van der Waals surface area contributed by atoms with Crippen molar-refractivity contribution in [3.8, 4) is 0 Å². The average molecular weight is 277 g/mol. The van der Waals surface area contributed by atoms with E-state index >= 15 is 0 Å². The molecule has 1 saturated heterocycles. The predicted octanol–water partition coefficient (Wildman–Crippen LogP) is -1.22. The van der Waals surface area contributed by atoms with Crippen LogP contribution in [0.1, 0.15) is 13.3 Å². The highest BCUT2D eigenvalue weighted by Gasteiger charge is 2.58. The van der Waals surface area contributed by atoms with E-state index in [0.29, 0.717) is 0 Å². The molecule has 3 N–H and O–H groups in total. The van der Waals surface area contributed by atoms with Gasteiger partial charge in [0.2, 0.25) is 5.91 Å². The minimum absolute atomic E-state index is 0.290. The van der Waals surface area contributed by atoms with Gasteiger partial charge in [-0.1, -0.05) is 0 Å². The molecule has 0 aromatic carbocycles. The summed E-state index contributed by atoms with van der Waals surface area (Å²) in [6.45, 7) is 1.37. The number of aliphatic carboxylic acids is 1. The molecule has 3 atom stereocenters. The first-order valence-electron chi connectivity index (χ1n) is 5.11. The van der Waals surface area contributed by atoms with Gasteiger partial charge in [0.05, 0.1) is 18.1 Å². The number of carboxylic acids is 1. The topological polar surface area (TPSA) is 132 Å². The largest absolute Gasteiger partial charge is 0.477 e. The van der Waals surface area contributed by atoms with Gasteiger partial charge < -0.3 is 15.1 Å². The van der Waals surface area contributed by atoms with Crippen LogP contribution in [0.5, 0.6) is 0 Å². The molecule has 0 radical (unpaired) electrons. The molecular weight excluding hydrogens is 266 g/mol. The second-order valence-corrected chi connectivity index (χ2v) is 5.74. The van der Waals surface area contributed by atoms with Crippen LogP contribution < -0.4 is 0 Å². The lowest BCUT2D eigenvalue weighted by molar-refractivity contribution is -0.161. The number of carbonyl (C=O) groups is 2. The van der Waals surface area contributed by atoms with E-state index in [1.165, 1.54) is 6.92 Å². The van der Waals surface area contributed by atoms with Gasteiger partial charge in [-0.15, -0.1) is 0 Å². The molecule has 2 rings (SSSR count). The number of carbonyl (C=O) groups excluding carboxylic acids is 1. The Labute approximate surface area is 102 Å². The van der Waals surface area contributed by atoms with Crippen LogP contribution in [0.2, 0.25) is 0 Å². The molecule has 3 unspecified atom stereocenters. The number of hydrogen-bond acceptors (Lipinski definition) is 5. The Morgan fingerprint density at radius 2 is 2.06 bits per heavy atom. The second kappa shape index (κ2) is 3.77. The minimum Gasteiger partial charge on any atom is -0.477 e. The normalized spacial score (nSPS) is 29.1. The zero-order valence-corrected chi connectivity index (χ0v) is 10.1. The van der Waals surface area contributed by atoms with Crippen molar-refractivity contribution in [2.45, 2.75) is 25.5 Å². The maximum absolute atomic E-state index is 11.7. The quantitative estimate of drug-likeness (QED) is 0.435. The maximum Gasteiger partial charge on any atom is 0.353 e. The van der Waals surface area contributed by atoms with Crippen molar-refractivity contribution in [1.29, 1.82) is 0 Å². The third kappa shape index (κ3) is 1.62. The fraction of sp³-hybridized carbons (Fsp3) is 0.556. The lowest BCUT2D eigenvalue weighted by atomic mass is 9.83. The molecule has 9 heteroatoms.